The summed E-state index contributed by atoms with van der Waals surface area (Å²) in [6.07, 6.45) is 0. The van der Waals surface area contributed by atoms with E-state index >= 15 is 0 Å². The SMILES string of the molecule is COc1cccc(COc2cccc(-c3cc(C)[nH]c(=O)c3C#N)c2)c1. The lowest BCUT2D eigenvalue weighted by Crippen LogP contribution is -2.12. The van der Waals surface area contributed by atoms with Crippen LogP contribution in [0, 0.1) is 18.3 Å². The van der Waals surface area contributed by atoms with Crippen molar-refractivity contribution < 1.29 is 9.47 Å². The molecule has 0 unspecified atom stereocenters. The van der Waals surface area contributed by atoms with Crippen molar-refractivity contribution in [3.8, 4) is 28.7 Å². The van der Waals surface area contributed by atoms with Gasteiger partial charge in [0.1, 0.15) is 29.7 Å². The number of aryl methyl sites for hydroxylation is 1. The third-order valence-corrected chi connectivity index (χ3v) is 3.96. The van der Waals surface area contributed by atoms with Crippen LogP contribution in [-0.4, -0.2) is 12.1 Å². The summed E-state index contributed by atoms with van der Waals surface area (Å²) >= 11 is 0. The van der Waals surface area contributed by atoms with E-state index in [1.54, 1.807) is 20.1 Å². The van der Waals surface area contributed by atoms with Gasteiger partial charge < -0.3 is 14.5 Å². The highest BCUT2D eigenvalue weighted by Crippen LogP contribution is 2.26. The van der Waals surface area contributed by atoms with Crippen LogP contribution in [0.3, 0.4) is 0 Å². The summed E-state index contributed by atoms with van der Waals surface area (Å²) in [5.74, 6) is 1.43. The average molecular weight is 346 g/mol. The number of methoxy groups -OCH3 is 1. The molecule has 5 heteroatoms. The molecule has 0 radical (unpaired) electrons. The molecule has 0 atom stereocenters. The standard InChI is InChI=1S/C21H18N2O3/c1-14-9-19(20(12-22)21(24)23-14)16-6-4-8-18(11-16)26-13-15-5-3-7-17(10-15)25-2/h3-11H,13H2,1-2H3,(H,23,24). The van der Waals surface area contributed by atoms with Gasteiger partial charge >= 0.3 is 0 Å². The van der Waals surface area contributed by atoms with Crippen molar-refractivity contribution in [2.75, 3.05) is 7.11 Å². The first kappa shape index (κ1) is 17.3. The van der Waals surface area contributed by atoms with Crippen molar-refractivity contribution in [3.63, 3.8) is 0 Å². The second-order valence-electron chi connectivity index (χ2n) is 5.85. The Hall–Kier alpha value is -3.52. The van der Waals surface area contributed by atoms with Gasteiger partial charge in [0.05, 0.1) is 7.11 Å². The van der Waals surface area contributed by atoms with Gasteiger partial charge in [0.25, 0.3) is 5.56 Å². The van der Waals surface area contributed by atoms with E-state index in [1.165, 1.54) is 0 Å². The van der Waals surface area contributed by atoms with Crippen LogP contribution in [0.5, 0.6) is 11.5 Å². The zero-order valence-corrected chi connectivity index (χ0v) is 14.6. The van der Waals surface area contributed by atoms with Crippen LogP contribution in [0.25, 0.3) is 11.1 Å². The Kier molecular flexibility index (Phi) is 5.04. The fourth-order valence-corrected chi connectivity index (χ4v) is 2.71. The summed E-state index contributed by atoms with van der Waals surface area (Å²) in [5.41, 5.74) is 2.76. The van der Waals surface area contributed by atoms with E-state index in [0.29, 0.717) is 23.6 Å². The van der Waals surface area contributed by atoms with Gasteiger partial charge in [-0.15, -0.1) is 0 Å². The molecule has 0 amide bonds. The number of nitriles is 1. The Bertz CT molecular complexity index is 1030. The highest BCUT2D eigenvalue weighted by molar-refractivity contribution is 5.71. The van der Waals surface area contributed by atoms with Gasteiger partial charge in [-0.25, -0.2) is 0 Å². The molecular formula is C21H18N2O3. The normalized spacial score (nSPS) is 10.2. The summed E-state index contributed by atoms with van der Waals surface area (Å²) in [7, 11) is 1.62. The van der Waals surface area contributed by atoms with E-state index in [4.69, 9.17) is 9.47 Å². The van der Waals surface area contributed by atoms with Gasteiger partial charge in [-0.1, -0.05) is 24.3 Å². The highest BCUT2D eigenvalue weighted by atomic mass is 16.5. The van der Waals surface area contributed by atoms with Crippen molar-refractivity contribution >= 4 is 0 Å². The van der Waals surface area contributed by atoms with Crippen molar-refractivity contribution in [1.29, 1.82) is 5.26 Å². The number of H-pyrrole nitrogens is 1. The van der Waals surface area contributed by atoms with Crippen molar-refractivity contribution in [1.82, 2.24) is 4.98 Å². The second kappa shape index (κ2) is 7.58. The fraction of sp³-hybridized carbons (Fsp3) is 0.143. The Morgan fingerprint density at radius 3 is 2.62 bits per heavy atom. The molecule has 0 aliphatic rings. The lowest BCUT2D eigenvalue weighted by Gasteiger charge is -2.10. The molecule has 5 nitrogen and oxygen atoms in total. The lowest BCUT2D eigenvalue weighted by atomic mass is 10.0. The van der Waals surface area contributed by atoms with Gasteiger partial charge in [-0.3, -0.25) is 4.79 Å². The lowest BCUT2D eigenvalue weighted by molar-refractivity contribution is 0.305. The number of nitrogens with one attached hydrogen (secondary N) is 1. The predicted molar refractivity (Wildman–Crippen MR) is 99.3 cm³/mol. The maximum atomic E-state index is 12.0. The number of hydrogen-bond acceptors (Lipinski definition) is 4. The number of rotatable bonds is 5. The van der Waals surface area contributed by atoms with E-state index < -0.39 is 0 Å². The fourth-order valence-electron chi connectivity index (χ4n) is 2.71. The quantitative estimate of drug-likeness (QED) is 0.762. The van der Waals surface area contributed by atoms with Crippen LogP contribution in [0.15, 0.2) is 59.4 Å². The number of benzene rings is 2. The topological polar surface area (TPSA) is 75.1 Å². The number of hydrogen-bond donors (Lipinski definition) is 1. The van der Waals surface area contributed by atoms with Gasteiger partial charge in [-0.05, 0) is 48.4 Å². The Balaban J connectivity index is 1.87. The second-order valence-corrected chi connectivity index (χ2v) is 5.85. The Morgan fingerprint density at radius 2 is 1.85 bits per heavy atom. The molecule has 0 saturated carbocycles. The molecule has 0 aliphatic carbocycles. The summed E-state index contributed by atoms with van der Waals surface area (Å²) in [6, 6.07) is 18.8. The van der Waals surface area contributed by atoms with E-state index in [9.17, 15) is 10.1 Å². The third-order valence-electron chi connectivity index (χ3n) is 3.96. The molecule has 0 fully saturated rings. The van der Waals surface area contributed by atoms with Gasteiger partial charge in [-0.2, -0.15) is 5.26 Å². The first-order valence-corrected chi connectivity index (χ1v) is 8.11. The van der Waals surface area contributed by atoms with E-state index in [2.05, 4.69) is 4.98 Å². The summed E-state index contributed by atoms with van der Waals surface area (Å²) in [5, 5.41) is 9.31. The Morgan fingerprint density at radius 1 is 1.08 bits per heavy atom. The van der Waals surface area contributed by atoms with Crippen LogP contribution in [0.2, 0.25) is 0 Å². The van der Waals surface area contributed by atoms with Crippen LogP contribution in [0.1, 0.15) is 16.8 Å². The molecule has 3 rings (SSSR count). The number of pyridine rings is 1. The summed E-state index contributed by atoms with van der Waals surface area (Å²) < 4.78 is 11.1. The summed E-state index contributed by atoms with van der Waals surface area (Å²) in [6.45, 7) is 2.18. The molecule has 1 N–H and O–H groups in total. The molecule has 1 heterocycles. The first-order chi connectivity index (χ1) is 12.6. The van der Waals surface area contributed by atoms with Gasteiger partial charge in [0, 0.05) is 11.3 Å². The van der Waals surface area contributed by atoms with Crippen LogP contribution in [-0.2, 0) is 6.61 Å². The largest absolute Gasteiger partial charge is 0.497 e. The highest BCUT2D eigenvalue weighted by Gasteiger charge is 2.11. The molecule has 0 saturated heterocycles. The zero-order chi connectivity index (χ0) is 18.5. The molecule has 0 aliphatic heterocycles. The first-order valence-electron chi connectivity index (χ1n) is 8.11. The molecule has 3 aromatic rings. The maximum Gasteiger partial charge on any atom is 0.266 e. The number of aromatic nitrogens is 1. The van der Waals surface area contributed by atoms with E-state index in [1.807, 2.05) is 54.6 Å². The maximum absolute atomic E-state index is 12.0. The smallest absolute Gasteiger partial charge is 0.266 e. The molecule has 26 heavy (non-hydrogen) atoms. The van der Waals surface area contributed by atoms with Crippen LogP contribution in [0.4, 0.5) is 0 Å². The minimum absolute atomic E-state index is 0.0977. The zero-order valence-electron chi connectivity index (χ0n) is 14.6. The average Bonchev–Trinajstić information content (AvgIpc) is 2.66. The van der Waals surface area contributed by atoms with E-state index in [0.717, 1.165) is 16.9 Å². The summed E-state index contributed by atoms with van der Waals surface area (Å²) in [4.78, 5) is 14.7. The molecular weight excluding hydrogens is 328 g/mol. The van der Waals surface area contributed by atoms with Gasteiger partial charge in [0.15, 0.2) is 0 Å². The van der Waals surface area contributed by atoms with Crippen molar-refractivity contribution in [2.24, 2.45) is 0 Å². The number of nitrogens with zero attached hydrogens (tertiary/aromatic N) is 1. The minimum atomic E-state index is -0.384. The van der Waals surface area contributed by atoms with Gasteiger partial charge in [0.2, 0.25) is 0 Å². The molecule has 0 bridgehead atoms. The number of aromatic amines is 1. The molecule has 0 spiro atoms. The van der Waals surface area contributed by atoms with Crippen molar-refractivity contribution in [2.45, 2.75) is 13.5 Å². The monoisotopic (exact) mass is 346 g/mol. The van der Waals surface area contributed by atoms with Crippen LogP contribution < -0.4 is 15.0 Å². The van der Waals surface area contributed by atoms with E-state index in [-0.39, 0.29) is 11.1 Å². The molecule has 2 aromatic carbocycles. The van der Waals surface area contributed by atoms with Crippen molar-refractivity contribution in [3.05, 3.63) is 81.8 Å². The third kappa shape index (κ3) is 3.76. The molecule has 1 aromatic heterocycles. The number of ether oxygens (including phenoxy) is 2. The van der Waals surface area contributed by atoms with Crippen LogP contribution >= 0.6 is 0 Å². The Labute approximate surface area is 151 Å². The predicted octanol–water partition coefficient (Wildman–Crippen LogP) is 3.81. The minimum Gasteiger partial charge on any atom is -0.497 e. The molecule has 130 valence electrons.